The lowest BCUT2D eigenvalue weighted by atomic mass is 10.2. The van der Waals surface area contributed by atoms with Gasteiger partial charge in [-0.1, -0.05) is 0 Å². The Balaban J connectivity index is 2.07. The Labute approximate surface area is 81.3 Å². The lowest BCUT2D eigenvalue weighted by Crippen LogP contribution is -2.17. The molecule has 5 nitrogen and oxygen atoms in total. The van der Waals surface area contributed by atoms with Gasteiger partial charge in [-0.25, -0.2) is 9.78 Å². The summed E-state index contributed by atoms with van der Waals surface area (Å²) in [6.07, 6.45) is 5.09. The summed E-state index contributed by atoms with van der Waals surface area (Å²) in [5.74, 6) is -0.944. The fourth-order valence-electron chi connectivity index (χ4n) is 1.65. The molecule has 0 spiro atoms. The molecule has 2 rings (SSSR count). The molecule has 1 aliphatic rings. The molecule has 14 heavy (non-hydrogen) atoms. The van der Waals surface area contributed by atoms with Gasteiger partial charge in [0.25, 0.3) is 0 Å². The number of hydrogen-bond donors (Lipinski definition) is 1. The fourth-order valence-corrected chi connectivity index (χ4v) is 1.65. The summed E-state index contributed by atoms with van der Waals surface area (Å²) in [5.41, 5.74) is 0.223. The molecule has 0 aliphatic carbocycles. The van der Waals surface area contributed by atoms with Crippen LogP contribution in [0.4, 0.5) is 0 Å². The second kappa shape index (κ2) is 3.79. The second-order valence-electron chi connectivity index (χ2n) is 3.37. The van der Waals surface area contributed by atoms with E-state index >= 15 is 0 Å². The van der Waals surface area contributed by atoms with Crippen LogP contribution in [0.25, 0.3) is 0 Å². The number of ether oxygens (including phenoxy) is 1. The maximum atomic E-state index is 10.8. The van der Waals surface area contributed by atoms with Crippen LogP contribution >= 0.6 is 0 Å². The van der Waals surface area contributed by atoms with Gasteiger partial charge in [-0.3, -0.25) is 0 Å². The number of imidazole rings is 1. The minimum atomic E-state index is -0.944. The molecular formula is C9H12N2O3. The molecular weight excluding hydrogens is 184 g/mol. The first-order valence-corrected chi connectivity index (χ1v) is 4.62. The molecule has 1 N–H and O–H groups in total. The highest BCUT2D eigenvalue weighted by atomic mass is 16.5. The van der Waals surface area contributed by atoms with Crippen LogP contribution in [0.15, 0.2) is 12.5 Å². The SMILES string of the molecule is O=C(O)c1cncn1C[C@H]1CCCO1. The summed E-state index contributed by atoms with van der Waals surface area (Å²) in [6.45, 7) is 1.36. The van der Waals surface area contributed by atoms with E-state index in [0.29, 0.717) is 6.54 Å². The molecule has 1 aromatic rings. The van der Waals surface area contributed by atoms with Crippen LogP contribution in [0.1, 0.15) is 23.3 Å². The minimum Gasteiger partial charge on any atom is -0.477 e. The van der Waals surface area contributed by atoms with Crippen LogP contribution < -0.4 is 0 Å². The van der Waals surface area contributed by atoms with Crippen molar-refractivity contribution in [1.29, 1.82) is 0 Å². The van der Waals surface area contributed by atoms with Gasteiger partial charge < -0.3 is 14.4 Å². The average Bonchev–Trinajstić information content (AvgIpc) is 2.75. The van der Waals surface area contributed by atoms with E-state index in [0.717, 1.165) is 19.4 Å². The average molecular weight is 196 g/mol. The normalized spacial score (nSPS) is 21.3. The van der Waals surface area contributed by atoms with E-state index in [-0.39, 0.29) is 11.8 Å². The van der Waals surface area contributed by atoms with Crippen LogP contribution in [0.2, 0.25) is 0 Å². The van der Waals surface area contributed by atoms with Crippen LogP contribution in [0.5, 0.6) is 0 Å². The number of carbonyl (C=O) groups is 1. The quantitative estimate of drug-likeness (QED) is 0.775. The lowest BCUT2D eigenvalue weighted by molar-refractivity contribution is 0.0671. The molecule has 0 aromatic carbocycles. The van der Waals surface area contributed by atoms with E-state index in [4.69, 9.17) is 9.84 Å². The molecule has 0 bridgehead atoms. The molecule has 1 aromatic heterocycles. The molecule has 0 amide bonds. The molecule has 0 radical (unpaired) electrons. The number of aromatic nitrogens is 2. The van der Waals surface area contributed by atoms with Gasteiger partial charge >= 0.3 is 5.97 Å². The highest BCUT2D eigenvalue weighted by Gasteiger charge is 2.18. The molecule has 5 heteroatoms. The molecule has 1 saturated heterocycles. The van der Waals surface area contributed by atoms with E-state index in [1.165, 1.54) is 12.5 Å². The van der Waals surface area contributed by atoms with Crippen molar-refractivity contribution >= 4 is 5.97 Å². The zero-order valence-corrected chi connectivity index (χ0v) is 7.72. The molecule has 1 fully saturated rings. The van der Waals surface area contributed by atoms with Crippen molar-refractivity contribution in [1.82, 2.24) is 9.55 Å². The van der Waals surface area contributed by atoms with Crippen LogP contribution in [0.3, 0.4) is 0 Å². The van der Waals surface area contributed by atoms with E-state index < -0.39 is 5.97 Å². The molecule has 1 aliphatic heterocycles. The van der Waals surface area contributed by atoms with Crippen LogP contribution in [-0.4, -0.2) is 33.3 Å². The van der Waals surface area contributed by atoms with Gasteiger partial charge in [0.1, 0.15) is 5.69 Å². The Morgan fingerprint density at radius 1 is 1.79 bits per heavy atom. The number of nitrogens with zero attached hydrogens (tertiary/aromatic N) is 2. The van der Waals surface area contributed by atoms with Gasteiger partial charge in [0, 0.05) is 6.61 Å². The Bertz CT molecular complexity index is 329. The summed E-state index contributed by atoms with van der Waals surface area (Å²) in [7, 11) is 0. The van der Waals surface area contributed by atoms with Gasteiger partial charge in [-0.15, -0.1) is 0 Å². The van der Waals surface area contributed by atoms with Crippen molar-refractivity contribution in [3.05, 3.63) is 18.2 Å². The number of carboxylic acids is 1. The first-order chi connectivity index (χ1) is 6.77. The number of rotatable bonds is 3. The van der Waals surface area contributed by atoms with Crippen molar-refractivity contribution < 1.29 is 14.6 Å². The first kappa shape index (κ1) is 9.21. The monoisotopic (exact) mass is 196 g/mol. The van der Waals surface area contributed by atoms with E-state index in [9.17, 15) is 4.79 Å². The third kappa shape index (κ3) is 1.77. The van der Waals surface area contributed by atoms with E-state index in [1.54, 1.807) is 4.57 Å². The summed E-state index contributed by atoms with van der Waals surface area (Å²) >= 11 is 0. The maximum absolute atomic E-state index is 10.8. The molecule has 2 heterocycles. The van der Waals surface area contributed by atoms with Gasteiger partial charge in [0.2, 0.25) is 0 Å². The van der Waals surface area contributed by atoms with Crippen LogP contribution in [0, 0.1) is 0 Å². The minimum absolute atomic E-state index is 0.141. The standard InChI is InChI=1S/C9H12N2O3/c12-9(13)8-4-10-6-11(8)5-7-2-1-3-14-7/h4,6-7H,1-3,5H2,(H,12,13)/t7-/m1/s1. The third-order valence-electron chi connectivity index (χ3n) is 2.36. The predicted molar refractivity (Wildman–Crippen MR) is 48.2 cm³/mol. The molecule has 0 saturated carbocycles. The summed E-state index contributed by atoms with van der Waals surface area (Å²) < 4.78 is 7.04. The highest BCUT2D eigenvalue weighted by molar-refractivity contribution is 5.85. The topological polar surface area (TPSA) is 64.3 Å². The second-order valence-corrected chi connectivity index (χ2v) is 3.37. The van der Waals surface area contributed by atoms with Crippen molar-refractivity contribution in [2.24, 2.45) is 0 Å². The van der Waals surface area contributed by atoms with E-state index in [1.807, 2.05) is 0 Å². The Morgan fingerprint density at radius 2 is 2.64 bits per heavy atom. The Kier molecular flexibility index (Phi) is 2.49. The zero-order valence-electron chi connectivity index (χ0n) is 7.72. The molecule has 76 valence electrons. The number of hydrogen-bond acceptors (Lipinski definition) is 3. The first-order valence-electron chi connectivity index (χ1n) is 4.62. The summed E-state index contributed by atoms with van der Waals surface area (Å²) in [6, 6.07) is 0. The zero-order chi connectivity index (χ0) is 9.97. The lowest BCUT2D eigenvalue weighted by Gasteiger charge is -2.10. The number of aromatic carboxylic acids is 1. The van der Waals surface area contributed by atoms with Crippen LogP contribution in [-0.2, 0) is 11.3 Å². The maximum Gasteiger partial charge on any atom is 0.354 e. The van der Waals surface area contributed by atoms with Gasteiger partial charge in [-0.2, -0.15) is 0 Å². The van der Waals surface area contributed by atoms with Crippen molar-refractivity contribution in [2.45, 2.75) is 25.5 Å². The smallest absolute Gasteiger partial charge is 0.354 e. The fraction of sp³-hybridized carbons (Fsp3) is 0.556. The van der Waals surface area contributed by atoms with Gasteiger partial charge in [0.15, 0.2) is 0 Å². The van der Waals surface area contributed by atoms with E-state index in [2.05, 4.69) is 4.98 Å². The van der Waals surface area contributed by atoms with Gasteiger partial charge in [-0.05, 0) is 12.8 Å². The summed E-state index contributed by atoms with van der Waals surface area (Å²) in [4.78, 5) is 14.6. The number of carboxylic acid groups (broad SMARTS) is 1. The highest BCUT2D eigenvalue weighted by Crippen LogP contribution is 2.14. The molecule has 1 atom stereocenters. The van der Waals surface area contributed by atoms with Crippen molar-refractivity contribution in [2.75, 3.05) is 6.61 Å². The molecule has 0 unspecified atom stereocenters. The Hall–Kier alpha value is -1.36. The van der Waals surface area contributed by atoms with Crippen molar-refractivity contribution in [3.63, 3.8) is 0 Å². The predicted octanol–water partition coefficient (Wildman–Crippen LogP) is 0.760. The third-order valence-corrected chi connectivity index (χ3v) is 2.36. The Morgan fingerprint density at radius 3 is 3.29 bits per heavy atom. The summed E-state index contributed by atoms with van der Waals surface area (Å²) in [5, 5.41) is 8.83. The van der Waals surface area contributed by atoms with Gasteiger partial charge in [0.05, 0.1) is 25.2 Å². The largest absolute Gasteiger partial charge is 0.477 e. The van der Waals surface area contributed by atoms with Crippen molar-refractivity contribution in [3.8, 4) is 0 Å².